The summed E-state index contributed by atoms with van der Waals surface area (Å²) in [4.78, 5) is 24.2. The Morgan fingerprint density at radius 2 is 1.68 bits per heavy atom. The second kappa shape index (κ2) is 9.27. The van der Waals surface area contributed by atoms with Crippen molar-refractivity contribution >= 4 is 46.7 Å². The largest absolute Gasteiger partial charge is 0.461 e. The molecule has 0 radical (unpaired) electrons. The van der Waals surface area contributed by atoms with Gasteiger partial charge in [0.25, 0.3) is 0 Å². The molecule has 5 nitrogen and oxygen atoms in total. The summed E-state index contributed by atoms with van der Waals surface area (Å²) in [6.07, 6.45) is -1.05. The van der Waals surface area contributed by atoms with Gasteiger partial charge in [-0.25, -0.2) is 0 Å². The molecule has 0 N–H and O–H groups in total. The molecular weight excluding hydrogens is 463 g/mol. The molecule has 2 aromatic rings. The van der Waals surface area contributed by atoms with Crippen LogP contribution in [0.1, 0.15) is 26.3 Å². The van der Waals surface area contributed by atoms with E-state index in [1.54, 1.807) is 6.07 Å². The number of benzene rings is 2. The first kappa shape index (κ1) is 23.7. The third kappa shape index (κ3) is 5.85. The Balaban J connectivity index is 1.64. The minimum Gasteiger partial charge on any atom is -0.461 e. The maximum absolute atomic E-state index is 12.8. The van der Waals surface area contributed by atoms with Gasteiger partial charge < -0.3 is 14.2 Å². The van der Waals surface area contributed by atoms with Crippen molar-refractivity contribution in [1.29, 1.82) is 0 Å². The van der Waals surface area contributed by atoms with E-state index < -0.39 is 39.1 Å². The third-order valence-corrected chi connectivity index (χ3v) is 6.01. The first-order valence-corrected chi connectivity index (χ1v) is 10.9. The van der Waals surface area contributed by atoms with Crippen molar-refractivity contribution in [3.05, 3.63) is 60.2 Å². The summed E-state index contributed by atoms with van der Waals surface area (Å²) in [5, 5.41) is 0. The normalized spacial score (nSPS) is 20.5. The monoisotopic (exact) mass is 484 g/mol. The van der Waals surface area contributed by atoms with E-state index in [2.05, 4.69) is 0 Å². The predicted octanol–water partition coefficient (Wildman–Crippen LogP) is 6.10. The molecule has 0 heterocycles. The molecule has 0 saturated heterocycles. The number of carbonyl (C=O) groups is 2. The number of halogens is 3. The van der Waals surface area contributed by atoms with Gasteiger partial charge in [-0.3, -0.25) is 9.59 Å². The van der Waals surface area contributed by atoms with E-state index in [0.29, 0.717) is 11.5 Å². The topological polar surface area (TPSA) is 61.8 Å². The smallest absolute Gasteiger partial charge is 0.310 e. The molecular formula is C23H23Cl3O5. The summed E-state index contributed by atoms with van der Waals surface area (Å²) in [5.41, 5.74) is 0.231. The zero-order valence-electron chi connectivity index (χ0n) is 17.3. The van der Waals surface area contributed by atoms with Gasteiger partial charge in [0.15, 0.2) is 6.10 Å². The van der Waals surface area contributed by atoms with Crippen LogP contribution >= 0.6 is 34.8 Å². The van der Waals surface area contributed by atoms with Crippen LogP contribution in [0.3, 0.4) is 0 Å². The van der Waals surface area contributed by atoms with E-state index in [-0.39, 0.29) is 6.61 Å². The second-order valence-electron chi connectivity index (χ2n) is 8.07. The maximum Gasteiger partial charge on any atom is 0.310 e. The lowest BCUT2D eigenvalue weighted by molar-refractivity contribution is -0.151. The summed E-state index contributed by atoms with van der Waals surface area (Å²) < 4.78 is 14.7. The van der Waals surface area contributed by atoms with Gasteiger partial charge in [0, 0.05) is 12.8 Å². The lowest BCUT2D eigenvalue weighted by Gasteiger charge is -2.25. The fraction of sp³-hybridized carbons (Fsp3) is 0.391. The average molecular weight is 486 g/mol. The molecule has 0 aliphatic heterocycles. The standard InChI is InChI=1S/C23H23Cl3O5/c1-14(27)30-20(23(24,25)26)18-19(22(18,2)3)21(28)29-13-15-8-7-11-17(12-15)31-16-9-5-4-6-10-16/h4-12,18-20H,13H2,1-3H3/t18-,19+,20-/m1/s1. The highest BCUT2D eigenvalue weighted by atomic mass is 35.6. The van der Waals surface area contributed by atoms with Crippen LogP contribution in [0.15, 0.2) is 54.6 Å². The van der Waals surface area contributed by atoms with Crippen LogP contribution in [-0.2, 0) is 25.7 Å². The number of carbonyl (C=O) groups excluding carboxylic acids is 2. The second-order valence-corrected chi connectivity index (χ2v) is 10.4. The highest BCUT2D eigenvalue weighted by Crippen LogP contribution is 2.64. The SMILES string of the molecule is CC(=O)O[C@H]([C@H]1[C@@H](C(=O)OCc2cccc(Oc3ccccc3)c2)C1(C)C)C(Cl)(Cl)Cl. The fourth-order valence-electron chi connectivity index (χ4n) is 3.78. The molecule has 2 aromatic carbocycles. The number of esters is 2. The molecule has 1 saturated carbocycles. The van der Waals surface area contributed by atoms with Gasteiger partial charge in [-0.15, -0.1) is 0 Å². The molecule has 0 amide bonds. The highest BCUT2D eigenvalue weighted by Gasteiger charge is 2.69. The fourth-order valence-corrected chi connectivity index (χ4v) is 4.32. The molecule has 31 heavy (non-hydrogen) atoms. The molecule has 1 aliphatic carbocycles. The van der Waals surface area contributed by atoms with Crippen LogP contribution in [-0.4, -0.2) is 21.8 Å². The third-order valence-electron chi connectivity index (χ3n) is 5.36. The summed E-state index contributed by atoms with van der Waals surface area (Å²) in [6, 6.07) is 16.7. The Bertz CT molecular complexity index is 940. The van der Waals surface area contributed by atoms with Crippen molar-refractivity contribution in [2.75, 3.05) is 0 Å². The van der Waals surface area contributed by atoms with E-state index in [0.717, 1.165) is 5.56 Å². The summed E-state index contributed by atoms with van der Waals surface area (Å²) >= 11 is 18.1. The van der Waals surface area contributed by atoms with Crippen LogP contribution in [0.25, 0.3) is 0 Å². The van der Waals surface area contributed by atoms with E-state index in [4.69, 9.17) is 49.0 Å². The van der Waals surface area contributed by atoms with Gasteiger partial charge in [0.2, 0.25) is 3.79 Å². The van der Waals surface area contributed by atoms with Crippen molar-refractivity contribution in [2.45, 2.75) is 37.3 Å². The van der Waals surface area contributed by atoms with E-state index in [1.807, 2.05) is 62.4 Å². The minimum absolute atomic E-state index is 0.0656. The van der Waals surface area contributed by atoms with Crippen molar-refractivity contribution < 1.29 is 23.8 Å². The van der Waals surface area contributed by atoms with E-state index in [9.17, 15) is 9.59 Å². The molecule has 0 bridgehead atoms. The quantitative estimate of drug-likeness (QED) is 0.350. The molecule has 166 valence electrons. The predicted molar refractivity (Wildman–Crippen MR) is 119 cm³/mol. The number of hydrogen-bond acceptors (Lipinski definition) is 5. The highest BCUT2D eigenvalue weighted by molar-refractivity contribution is 6.68. The van der Waals surface area contributed by atoms with E-state index >= 15 is 0 Å². The van der Waals surface area contributed by atoms with Gasteiger partial charge in [-0.05, 0) is 35.2 Å². The summed E-state index contributed by atoms with van der Waals surface area (Å²) in [5.74, 6) is -0.699. The number of para-hydroxylation sites is 1. The molecule has 1 fully saturated rings. The zero-order valence-corrected chi connectivity index (χ0v) is 19.6. The average Bonchev–Trinajstić information content (AvgIpc) is 3.25. The molecule has 8 heteroatoms. The van der Waals surface area contributed by atoms with Crippen molar-refractivity contribution in [2.24, 2.45) is 17.3 Å². The lowest BCUT2D eigenvalue weighted by atomic mass is 10.1. The number of rotatable bonds is 7. The first-order chi connectivity index (χ1) is 14.5. The maximum atomic E-state index is 12.8. The van der Waals surface area contributed by atoms with Gasteiger partial charge in [-0.2, -0.15) is 0 Å². The molecule has 0 unspecified atom stereocenters. The van der Waals surface area contributed by atoms with Crippen LogP contribution in [0, 0.1) is 17.3 Å². The Kier molecular flexibility index (Phi) is 7.09. The van der Waals surface area contributed by atoms with Crippen LogP contribution < -0.4 is 4.74 Å². The zero-order chi connectivity index (χ0) is 22.8. The van der Waals surface area contributed by atoms with Crippen LogP contribution in [0.5, 0.6) is 11.5 Å². The van der Waals surface area contributed by atoms with Gasteiger partial charge in [-0.1, -0.05) is 79.0 Å². The lowest BCUT2D eigenvalue weighted by Crippen LogP contribution is -2.34. The number of hydrogen-bond donors (Lipinski definition) is 0. The Hall–Kier alpha value is -1.95. The number of alkyl halides is 3. The summed E-state index contributed by atoms with van der Waals surface area (Å²) in [7, 11) is 0. The minimum atomic E-state index is -1.86. The molecule has 0 spiro atoms. The molecule has 3 atom stereocenters. The van der Waals surface area contributed by atoms with Crippen molar-refractivity contribution in [1.82, 2.24) is 0 Å². The van der Waals surface area contributed by atoms with E-state index in [1.165, 1.54) is 6.92 Å². The Morgan fingerprint density at radius 1 is 1.03 bits per heavy atom. The molecule has 0 aromatic heterocycles. The number of ether oxygens (including phenoxy) is 3. The Labute approximate surface area is 196 Å². The van der Waals surface area contributed by atoms with Gasteiger partial charge in [0.1, 0.15) is 18.1 Å². The molecule has 3 rings (SSSR count). The Morgan fingerprint density at radius 3 is 2.29 bits per heavy atom. The molecule has 1 aliphatic rings. The summed E-state index contributed by atoms with van der Waals surface area (Å²) in [6.45, 7) is 5.00. The van der Waals surface area contributed by atoms with Crippen molar-refractivity contribution in [3.63, 3.8) is 0 Å². The van der Waals surface area contributed by atoms with Crippen molar-refractivity contribution in [3.8, 4) is 11.5 Å². The van der Waals surface area contributed by atoms with Gasteiger partial charge in [0.05, 0.1) is 5.92 Å². The van der Waals surface area contributed by atoms with Gasteiger partial charge >= 0.3 is 11.9 Å². The van der Waals surface area contributed by atoms with Crippen LogP contribution in [0.4, 0.5) is 0 Å². The van der Waals surface area contributed by atoms with Crippen LogP contribution in [0.2, 0.25) is 0 Å². The first-order valence-electron chi connectivity index (χ1n) is 9.72.